The maximum absolute atomic E-state index is 12.5. The van der Waals surface area contributed by atoms with Gasteiger partial charge in [-0.3, -0.25) is 4.21 Å². The van der Waals surface area contributed by atoms with Gasteiger partial charge in [0, 0.05) is 37.2 Å². The van der Waals surface area contributed by atoms with Crippen LogP contribution in [0.5, 0.6) is 0 Å². The smallest absolute Gasteiger partial charge is 0.145 e. The Bertz CT molecular complexity index is 977. The minimum absolute atomic E-state index is 0.0661. The molecule has 2 N–H and O–H groups in total. The van der Waals surface area contributed by atoms with Gasteiger partial charge in [-0.25, -0.2) is 15.0 Å². The highest BCUT2D eigenvalue weighted by Gasteiger charge is 2.40. The van der Waals surface area contributed by atoms with Gasteiger partial charge in [0.1, 0.15) is 17.5 Å². The summed E-state index contributed by atoms with van der Waals surface area (Å²) in [5.41, 5.74) is 0.826. The van der Waals surface area contributed by atoms with Crippen molar-refractivity contribution in [2.75, 3.05) is 29.6 Å². The van der Waals surface area contributed by atoms with Crippen LogP contribution in [0.25, 0.3) is 0 Å². The van der Waals surface area contributed by atoms with E-state index in [2.05, 4.69) is 26.3 Å². The normalized spacial score (nSPS) is 25.2. The van der Waals surface area contributed by atoms with Crippen molar-refractivity contribution in [3.63, 3.8) is 0 Å². The van der Waals surface area contributed by atoms with Crippen molar-refractivity contribution in [2.24, 2.45) is 0 Å². The van der Waals surface area contributed by atoms with Crippen molar-refractivity contribution >= 4 is 34.0 Å². The standard InChI is InChI=1S/C21H26ClN5O2S/c1-30(29)17-9-14-8-16-7-13(18-23-10-15(22)11-24-18)3-6-27(16)20(14)25-19(17)26-21(12-28)4-2-5-21/h9-11,13,16,28H,2-8,12H2,1H3,(H,25,26). The molecule has 160 valence electrons. The molecule has 3 unspecified atom stereocenters. The van der Waals surface area contributed by atoms with Gasteiger partial charge in [-0.1, -0.05) is 11.6 Å². The molecule has 2 aromatic rings. The molecule has 2 aromatic heterocycles. The molecular weight excluding hydrogens is 422 g/mol. The molecule has 0 aromatic carbocycles. The van der Waals surface area contributed by atoms with Gasteiger partial charge in [0.05, 0.1) is 32.9 Å². The molecule has 9 heteroatoms. The van der Waals surface area contributed by atoms with E-state index in [0.717, 1.165) is 67.2 Å². The Kier molecular flexibility index (Phi) is 5.19. The number of hydrogen-bond donors (Lipinski definition) is 2. The Morgan fingerprint density at radius 2 is 2.13 bits per heavy atom. The van der Waals surface area contributed by atoms with E-state index in [1.165, 1.54) is 0 Å². The van der Waals surface area contributed by atoms with Crippen molar-refractivity contribution in [3.05, 3.63) is 34.9 Å². The van der Waals surface area contributed by atoms with Crippen molar-refractivity contribution in [1.82, 2.24) is 15.0 Å². The highest BCUT2D eigenvalue weighted by Crippen LogP contribution is 2.43. The molecule has 0 amide bonds. The molecule has 30 heavy (non-hydrogen) atoms. The molecular formula is C21H26ClN5O2S. The summed E-state index contributed by atoms with van der Waals surface area (Å²) in [6.07, 6.45) is 10.7. The third kappa shape index (κ3) is 3.48. The van der Waals surface area contributed by atoms with Crippen molar-refractivity contribution in [3.8, 4) is 0 Å². The fraction of sp³-hybridized carbons (Fsp3) is 0.571. The fourth-order valence-corrected chi connectivity index (χ4v) is 5.73. The first-order chi connectivity index (χ1) is 14.5. The lowest BCUT2D eigenvalue weighted by Gasteiger charge is -2.42. The number of hydrogen-bond acceptors (Lipinski definition) is 7. The maximum Gasteiger partial charge on any atom is 0.145 e. The van der Waals surface area contributed by atoms with E-state index in [-0.39, 0.29) is 12.1 Å². The predicted octanol–water partition coefficient (Wildman–Crippen LogP) is 2.90. The summed E-state index contributed by atoms with van der Waals surface area (Å²) < 4.78 is 12.5. The summed E-state index contributed by atoms with van der Waals surface area (Å²) in [5.74, 6) is 2.81. The summed E-state index contributed by atoms with van der Waals surface area (Å²) in [7, 11) is -1.15. The molecule has 1 aliphatic carbocycles. The van der Waals surface area contributed by atoms with Crippen LogP contribution in [0.15, 0.2) is 23.4 Å². The van der Waals surface area contributed by atoms with E-state index in [4.69, 9.17) is 16.6 Å². The zero-order valence-electron chi connectivity index (χ0n) is 17.0. The number of aromatic nitrogens is 3. The van der Waals surface area contributed by atoms with Crippen LogP contribution in [0.2, 0.25) is 5.02 Å². The Labute approximate surface area is 183 Å². The second-order valence-electron chi connectivity index (χ2n) is 8.72. The molecule has 4 heterocycles. The molecule has 0 bridgehead atoms. The average Bonchev–Trinajstić information content (AvgIpc) is 3.07. The van der Waals surface area contributed by atoms with E-state index in [1.54, 1.807) is 18.6 Å². The van der Waals surface area contributed by atoms with Crippen molar-refractivity contribution in [2.45, 2.75) is 60.9 Å². The van der Waals surface area contributed by atoms with Crippen molar-refractivity contribution in [1.29, 1.82) is 0 Å². The van der Waals surface area contributed by atoms with Gasteiger partial charge in [-0.05, 0) is 50.2 Å². The number of piperidine rings is 1. The van der Waals surface area contributed by atoms with Crippen molar-refractivity contribution < 1.29 is 9.32 Å². The number of aliphatic hydroxyl groups is 1. The number of nitrogens with zero attached hydrogens (tertiary/aromatic N) is 4. The van der Waals surface area contributed by atoms with Crippen LogP contribution >= 0.6 is 11.6 Å². The zero-order valence-corrected chi connectivity index (χ0v) is 18.5. The Morgan fingerprint density at radius 3 is 2.77 bits per heavy atom. The van der Waals surface area contributed by atoms with E-state index in [1.807, 2.05) is 0 Å². The fourth-order valence-electron chi connectivity index (χ4n) is 4.95. The SMILES string of the molecule is CS(=O)c1cc2c(nc1NC1(CO)CCC1)N1CCC(c3ncc(Cl)cn3)CC1C2. The summed E-state index contributed by atoms with van der Waals surface area (Å²) in [4.78, 5) is 16.9. The minimum atomic E-state index is -1.15. The first kappa shape index (κ1) is 20.2. The number of halogens is 1. The first-order valence-corrected chi connectivity index (χ1v) is 12.4. The lowest BCUT2D eigenvalue weighted by Crippen LogP contribution is -2.48. The maximum atomic E-state index is 12.5. The predicted molar refractivity (Wildman–Crippen MR) is 118 cm³/mol. The zero-order chi connectivity index (χ0) is 20.9. The first-order valence-electron chi connectivity index (χ1n) is 10.5. The molecule has 3 aliphatic rings. The molecule has 2 fully saturated rings. The van der Waals surface area contributed by atoms with E-state index < -0.39 is 10.8 Å². The highest BCUT2D eigenvalue weighted by molar-refractivity contribution is 7.84. The number of nitrogens with one attached hydrogen (secondary N) is 1. The number of anilines is 2. The van der Waals surface area contributed by atoms with E-state index in [9.17, 15) is 9.32 Å². The third-order valence-electron chi connectivity index (χ3n) is 6.80. The largest absolute Gasteiger partial charge is 0.394 e. The Balaban J connectivity index is 1.41. The van der Waals surface area contributed by atoms with Crippen LogP contribution in [0.4, 0.5) is 11.6 Å². The van der Waals surface area contributed by atoms with Gasteiger partial charge in [0.15, 0.2) is 0 Å². The molecule has 5 rings (SSSR count). The van der Waals surface area contributed by atoms with E-state index in [0.29, 0.717) is 22.8 Å². The van der Waals surface area contributed by atoms with Gasteiger partial charge >= 0.3 is 0 Å². The number of rotatable bonds is 5. The molecule has 0 radical (unpaired) electrons. The topological polar surface area (TPSA) is 91.2 Å². The molecule has 7 nitrogen and oxygen atoms in total. The highest BCUT2D eigenvalue weighted by atomic mass is 35.5. The molecule has 1 saturated heterocycles. The number of aliphatic hydroxyl groups excluding tert-OH is 1. The van der Waals surface area contributed by atoms with Gasteiger partial charge in [-0.2, -0.15) is 0 Å². The number of fused-ring (bicyclic) bond motifs is 3. The van der Waals surface area contributed by atoms with Gasteiger partial charge in [0.2, 0.25) is 0 Å². The minimum Gasteiger partial charge on any atom is -0.394 e. The van der Waals surface area contributed by atoms with Crippen LogP contribution < -0.4 is 10.2 Å². The summed E-state index contributed by atoms with van der Waals surface area (Å²) >= 11 is 5.94. The quantitative estimate of drug-likeness (QED) is 0.728. The van der Waals surface area contributed by atoms with Crippen LogP contribution in [0, 0.1) is 0 Å². The van der Waals surface area contributed by atoms with Crippen LogP contribution in [0.1, 0.15) is 49.4 Å². The Morgan fingerprint density at radius 1 is 1.37 bits per heavy atom. The van der Waals surface area contributed by atoms with E-state index >= 15 is 0 Å². The summed E-state index contributed by atoms with van der Waals surface area (Å²) in [6, 6.07) is 2.39. The van der Waals surface area contributed by atoms with Gasteiger partial charge in [0.25, 0.3) is 0 Å². The second kappa shape index (κ2) is 7.73. The third-order valence-corrected chi connectivity index (χ3v) is 7.92. The summed E-state index contributed by atoms with van der Waals surface area (Å²) in [5, 5.41) is 13.9. The molecule has 0 spiro atoms. The lowest BCUT2D eigenvalue weighted by molar-refractivity contribution is 0.143. The summed E-state index contributed by atoms with van der Waals surface area (Å²) in [6.45, 7) is 0.955. The number of pyridine rings is 1. The van der Waals surface area contributed by atoms with Gasteiger partial charge < -0.3 is 15.3 Å². The van der Waals surface area contributed by atoms with Crippen LogP contribution in [0.3, 0.4) is 0 Å². The van der Waals surface area contributed by atoms with Crippen LogP contribution in [-0.4, -0.2) is 55.3 Å². The molecule has 2 aliphatic heterocycles. The van der Waals surface area contributed by atoms with Gasteiger partial charge in [-0.15, -0.1) is 0 Å². The van der Waals surface area contributed by atoms with Crippen LogP contribution in [-0.2, 0) is 17.2 Å². The lowest BCUT2D eigenvalue weighted by atomic mass is 9.77. The molecule has 1 saturated carbocycles. The Hall–Kier alpha value is -1.77. The molecule has 3 atom stereocenters. The second-order valence-corrected chi connectivity index (χ2v) is 10.5. The monoisotopic (exact) mass is 447 g/mol. The average molecular weight is 448 g/mol.